The largest absolute Gasteiger partial charge is 0.636 e. The predicted molar refractivity (Wildman–Crippen MR) is 158 cm³/mol. The van der Waals surface area contributed by atoms with Gasteiger partial charge in [-0.3, -0.25) is 4.79 Å². The van der Waals surface area contributed by atoms with Crippen LogP contribution in [0.2, 0.25) is 0 Å². The van der Waals surface area contributed by atoms with Crippen LogP contribution in [0.5, 0.6) is 11.6 Å². The lowest BCUT2D eigenvalue weighted by atomic mass is 9.79. The van der Waals surface area contributed by atoms with Gasteiger partial charge >= 0.3 is 7.12 Å². The van der Waals surface area contributed by atoms with Crippen molar-refractivity contribution in [1.29, 1.82) is 0 Å². The third kappa shape index (κ3) is 7.09. The van der Waals surface area contributed by atoms with Crippen LogP contribution in [0.1, 0.15) is 29.7 Å². The quantitative estimate of drug-likeness (QED) is 0.362. The number of pyridine rings is 1. The number of aromatic nitrogens is 1. The zero-order valence-corrected chi connectivity index (χ0v) is 23.9. The number of nitrogens with zero attached hydrogens (tertiary/aromatic N) is 3. The summed E-state index contributed by atoms with van der Waals surface area (Å²) in [6.07, 6.45) is 4.18. The van der Waals surface area contributed by atoms with Crippen LogP contribution in [0.25, 0.3) is 11.1 Å². The number of rotatable bonds is 9. The first-order valence-corrected chi connectivity index (χ1v) is 13.8. The maximum atomic E-state index is 11.8. The fraction of sp³-hybridized carbons (Fsp3) is 0.290. The molecule has 0 aliphatic carbocycles. The zero-order valence-electron chi connectivity index (χ0n) is 23.9. The number of amides is 1. The van der Waals surface area contributed by atoms with Crippen molar-refractivity contribution in [1.82, 2.24) is 14.8 Å². The van der Waals surface area contributed by atoms with Gasteiger partial charge in [-0.25, -0.2) is 4.98 Å². The molecule has 0 radical (unpaired) electrons. The van der Waals surface area contributed by atoms with Crippen LogP contribution in [0, 0.1) is 13.8 Å². The normalized spacial score (nSPS) is 16.5. The molecule has 1 fully saturated rings. The number of aliphatic hydroxyl groups is 2. The van der Waals surface area contributed by atoms with Gasteiger partial charge in [-0.1, -0.05) is 30.3 Å². The molecule has 0 saturated carbocycles. The molecule has 10 nitrogen and oxygen atoms in total. The highest BCUT2D eigenvalue weighted by molar-refractivity contribution is 6.61. The van der Waals surface area contributed by atoms with Gasteiger partial charge < -0.3 is 38.8 Å². The molecule has 2 aliphatic heterocycles. The van der Waals surface area contributed by atoms with E-state index in [1.807, 2.05) is 36.9 Å². The van der Waals surface area contributed by atoms with Crippen molar-refractivity contribution in [2.75, 3.05) is 26.7 Å². The van der Waals surface area contributed by atoms with Gasteiger partial charge in [0.25, 0.3) is 11.9 Å². The van der Waals surface area contributed by atoms with Crippen LogP contribution in [-0.4, -0.2) is 64.8 Å². The van der Waals surface area contributed by atoms with Crippen LogP contribution < -0.4 is 14.9 Å². The number of hydrogen-bond donors (Lipinski definition) is 2. The molecule has 2 aromatic carbocycles. The Morgan fingerprint density at radius 2 is 1.74 bits per heavy atom. The Labute approximate surface area is 245 Å². The Bertz CT molecular complexity index is 1450. The summed E-state index contributed by atoms with van der Waals surface area (Å²) >= 11 is 0. The van der Waals surface area contributed by atoms with E-state index in [-0.39, 0.29) is 17.8 Å². The maximum Gasteiger partial charge on any atom is 0.636 e. The van der Waals surface area contributed by atoms with E-state index in [1.165, 1.54) is 17.3 Å². The Balaban J connectivity index is 1.20. The van der Waals surface area contributed by atoms with Crippen molar-refractivity contribution in [3.8, 4) is 22.8 Å². The van der Waals surface area contributed by atoms with Crippen molar-refractivity contribution in [3.63, 3.8) is 0 Å². The highest BCUT2D eigenvalue weighted by atomic mass is 16.7. The molecular formula is C31H34BN3O7. The molecule has 42 heavy (non-hydrogen) atoms. The Morgan fingerprint density at radius 3 is 2.40 bits per heavy atom. The minimum Gasteiger partial charge on any atom is -0.494 e. The number of benzene rings is 2. The number of aliphatic hydroxyl groups excluding tert-OH is 2. The second kappa shape index (κ2) is 12.8. The Kier molecular flexibility index (Phi) is 8.75. The molecule has 1 saturated heterocycles. The molecule has 218 valence electrons. The monoisotopic (exact) mass is 571 g/mol. The summed E-state index contributed by atoms with van der Waals surface area (Å²) in [6, 6.07) is 17.1. The van der Waals surface area contributed by atoms with E-state index in [4.69, 9.17) is 18.8 Å². The van der Waals surface area contributed by atoms with E-state index in [0.29, 0.717) is 43.3 Å². The summed E-state index contributed by atoms with van der Waals surface area (Å²) < 4.78 is 22.7. The van der Waals surface area contributed by atoms with Gasteiger partial charge in [-0.05, 0) is 55.2 Å². The molecule has 3 aromatic rings. The van der Waals surface area contributed by atoms with Gasteiger partial charge in [-0.2, -0.15) is 0 Å². The van der Waals surface area contributed by atoms with Gasteiger partial charge in [0.2, 0.25) is 11.8 Å². The van der Waals surface area contributed by atoms with E-state index in [0.717, 1.165) is 40.9 Å². The van der Waals surface area contributed by atoms with Gasteiger partial charge in [0.1, 0.15) is 19.0 Å². The van der Waals surface area contributed by atoms with E-state index in [9.17, 15) is 15.0 Å². The summed E-state index contributed by atoms with van der Waals surface area (Å²) in [4.78, 5) is 19.7. The molecule has 3 heterocycles. The maximum absolute atomic E-state index is 11.8. The summed E-state index contributed by atoms with van der Waals surface area (Å²) in [5.41, 5.74) is 5.57. The highest BCUT2D eigenvalue weighted by Crippen LogP contribution is 2.30. The van der Waals surface area contributed by atoms with Crippen LogP contribution in [-0.2, 0) is 20.7 Å². The van der Waals surface area contributed by atoms with Crippen LogP contribution in [0.15, 0.2) is 78.9 Å². The molecule has 0 atom stereocenters. The first-order chi connectivity index (χ1) is 20.2. The van der Waals surface area contributed by atoms with E-state index >= 15 is 0 Å². The molecule has 1 aromatic heterocycles. The SMILES string of the molecule is Cc1cc(OCCN2CCCC2=O)nc(C)c1-c1cccc(COc2ccc(B3OC(O)=CN(C)/C=C(/O)O3)cc2)c1. The fourth-order valence-electron chi connectivity index (χ4n) is 5.04. The lowest BCUT2D eigenvalue weighted by molar-refractivity contribution is -0.128. The number of ether oxygens (including phenoxy) is 2. The van der Waals surface area contributed by atoms with Gasteiger partial charge in [0.05, 0.1) is 18.9 Å². The molecule has 2 aliphatic rings. The van der Waals surface area contributed by atoms with Crippen molar-refractivity contribution in [3.05, 3.63) is 95.7 Å². The first-order valence-electron chi connectivity index (χ1n) is 13.8. The van der Waals surface area contributed by atoms with Crippen molar-refractivity contribution >= 4 is 18.5 Å². The predicted octanol–water partition coefficient (Wildman–Crippen LogP) is 4.33. The smallest absolute Gasteiger partial charge is 0.494 e. The van der Waals surface area contributed by atoms with Crippen LogP contribution in [0.3, 0.4) is 0 Å². The fourth-order valence-corrected chi connectivity index (χ4v) is 5.04. The van der Waals surface area contributed by atoms with Crippen LogP contribution in [0.4, 0.5) is 0 Å². The standard InChI is InChI=1S/C31H34BN3O7/c1-21-16-27(39-15-14-35-13-5-8-28(35)36)33-22(2)31(21)24-7-4-6-23(17-24)20-40-26-11-9-25(10-12-26)32-41-29(37)18-34(3)19-30(38)42-32/h4,6-7,9-12,16-19,37-38H,5,8,13-15,20H2,1-3H3/b29-18-,30-19?. The second-order valence-electron chi connectivity index (χ2n) is 10.3. The summed E-state index contributed by atoms with van der Waals surface area (Å²) in [6.45, 7) is 6.15. The summed E-state index contributed by atoms with van der Waals surface area (Å²) in [5, 5.41) is 19.9. The molecule has 0 unspecified atom stereocenters. The number of likely N-dealkylation sites (tertiary alicyclic amines) is 1. The molecular weight excluding hydrogens is 537 g/mol. The average Bonchev–Trinajstić information content (AvgIpc) is 3.35. The molecule has 5 rings (SSSR count). The van der Waals surface area contributed by atoms with E-state index in [1.54, 1.807) is 31.3 Å². The molecule has 2 N–H and O–H groups in total. The molecule has 1 amide bonds. The van der Waals surface area contributed by atoms with Crippen LogP contribution >= 0.6 is 0 Å². The van der Waals surface area contributed by atoms with Gasteiger partial charge in [-0.15, -0.1) is 0 Å². The minimum atomic E-state index is -1.02. The molecule has 0 spiro atoms. The van der Waals surface area contributed by atoms with E-state index < -0.39 is 7.12 Å². The molecule has 11 heteroatoms. The van der Waals surface area contributed by atoms with Crippen molar-refractivity contribution in [2.45, 2.75) is 33.3 Å². The number of aryl methyl sites for hydroxylation is 2. The first kappa shape index (κ1) is 28.7. The third-order valence-electron chi connectivity index (χ3n) is 7.01. The van der Waals surface area contributed by atoms with Gasteiger partial charge in [0.15, 0.2) is 0 Å². The minimum absolute atomic E-state index is 0.190. The number of carbonyl (C=O) groups excluding carboxylic acids is 1. The Hall–Kier alpha value is -4.80. The van der Waals surface area contributed by atoms with Crippen molar-refractivity contribution in [2.24, 2.45) is 0 Å². The second-order valence-corrected chi connectivity index (χ2v) is 10.3. The highest BCUT2D eigenvalue weighted by Gasteiger charge is 2.29. The summed E-state index contributed by atoms with van der Waals surface area (Å²) in [5.74, 6) is 0.702. The third-order valence-corrected chi connectivity index (χ3v) is 7.01. The topological polar surface area (TPSA) is 114 Å². The lowest BCUT2D eigenvalue weighted by Crippen LogP contribution is -2.37. The Morgan fingerprint density at radius 1 is 1.00 bits per heavy atom. The number of carbonyl (C=O) groups is 1. The number of hydrogen-bond acceptors (Lipinski definition) is 9. The average molecular weight is 571 g/mol. The van der Waals surface area contributed by atoms with Crippen molar-refractivity contribution < 1.29 is 33.8 Å². The van der Waals surface area contributed by atoms with E-state index in [2.05, 4.69) is 17.1 Å². The molecule has 0 bridgehead atoms. The zero-order chi connectivity index (χ0) is 29.6. The lowest BCUT2D eigenvalue weighted by Gasteiger charge is -2.20. The summed E-state index contributed by atoms with van der Waals surface area (Å²) in [7, 11) is 0.595. The van der Waals surface area contributed by atoms with Gasteiger partial charge in [0, 0.05) is 42.8 Å².